The van der Waals surface area contributed by atoms with Crippen LogP contribution in [0.2, 0.25) is 0 Å². The van der Waals surface area contributed by atoms with Crippen molar-refractivity contribution in [2.45, 2.75) is 44.8 Å². The number of anilines is 1. The number of hydrogen-bond donors (Lipinski definition) is 0. The highest BCUT2D eigenvalue weighted by atomic mass is 16.5. The Labute approximate surface area is 102 Å². The molecule has 0 spiro atoms. The van der Waals surface area contributed by atoms with Gasteiger partial charge in [-0.15, -0.1) is 0 Å². The Morgan fingerprint density at radius 2 is 1.94 bits per heavy atom. The van der Waals surface area contributed by atoms with Gasteiger partial charge in [-0.25, -0.2) is 9.97 Å². The van der Waals surface area contributed by atoms with Crippen molar-refractivity contribution < 1.29 is 4.74 Å². The van der Waals surface area contributed by atoms with Crippen LogP contribution in [0.25, 0.3) is 0 Å². The number of rotatable bonds is 2. The molecule has 3 heterocycles. The van der Waals surface area contributed by atoms with Crippen LogP contribution in [0.5, 0.6) is 0 Å². The van der Waals surface area contributed by atoms with Crippen LogP contribution in [0.4, 0.5) is 5.82 Å². The SMILES string of the molecule is CC(C)c1cc(N2CC3CCC(C2)O3)ncn1. The highest BCUT2D eigenvalue weighted by Gasteiger charge is 2.34. The van der Waals surface area contributed by atoms with Gasteiger partial charge in [0.15, 0.2) is 0 Å². The molecule has 0 N–H and O–H groups in total. The van der Waals surface area contributed by atoms with Crippen molar-refractivity contribution in [1.29, 1.82) is 0 Å². The minimum Gasteiger partial charge on any atom is -0.371 e. The smallest absolute Gasteiger partial charge is 0.132 e. The summed E-state index contributed by atoms with van der Waals surface area (Å²) in [7, 11) is 0. The van der Waals surface area contributed by atoms with E-state index in [0.29, 0.717) is 18.1 Å². The fourth-order valence-electron chi connectivity index (χ4n) is 2.65. The van der Waals surface area contributed by atoms with Crippen molar-refractivity contribution in [2.75, 3.05) is 18.0 Å². The average molecular weight is 233 g/mol. The molecule has 0 radical (unpaired) electrons. The van der Waals surface area contributed by atoms with Crippen molar-refractivity contribution in [2.24, 2.45) is 0 Å². The zero-order valence-corrected chi connectivity index (χ0v) is 10.5. The van der Waals surface area contributed by atoms with Gasteiger partial charge in [-0.3, -0.25) is 0 Å². The topological polar surface area (TPSA) is 38.2 Å². The summed E-state index contributed by atoms with van der Waals surface area (Å²) in [5, 5.41) is 0. The van der Waals surface area contributed by atoms with E-state index >= 15 is 0 Å². The lowest BCUT2D eigenvalue weighted by atomic mass is 10.1. The second kappa shape index (κ2) is 4.26. The van der Waals surface area contributed by atoms with Crippen molar-refractivity contribution >= 4 is 5.82 Å². The van der Waals surface area contributed by atoms with E-state index in [1.54, 1.807) is 6.33 Å². The molecule has 2 saturated heterocycles. The van der Waals surface area contributed by atoms with E-state index in [0.717, 1.165) is 24.6 Å². The van der Waals surface area contributed by atoms with Gasteiger partial charge in [-0.1, -0.05) is 13.8 Å². The summed E-state index contributed by atoms with van der Waals surface area (Å²) < 4.78 is 5.84. The molecular formula is C13H19N3O. The summed E-state index contributed by atoms with van der Waals surface area (Å²) in [6, 6.07) is 2.12. The van der Waals surface area contributed by atoms with Crippen LogP contribution in [0, 0.1) is 0 Å². The van der Waals surface area contributed by atoms with Crippen LogP contribution in [0.15, 0.2) is 12.4 Å². The van der Waals surface area contributed by atoms with E-state index in [9.17, 15) is 0 Å². The Morgan fingerprint density at radius 1 is 1.24 bits per heavy atom. The van der Waals surface area contributed by atoms with Crippen LogP contribution in [-0.4, -0.2) is 35.3 Å². The Morgan fingerprint density at radius 3 is 2.59 bits per heavy atom. The van der Waals surface area contributed by atoms with Gasteiger partial charge in [-0.2, -0.15) is 0 Å². The number of aromatic nitrogens is 2. The zero-order valence-electron chi connectivity index (χ0n) is 10.5. The lowest BCUT2D eigenvalue weighted by Gasteiger charge is -2.33. The quantitative estimate of drug-likeness (QED) is 0.782. The van der Waals surface area contributed by atoms with Gasteiger partial charge in [0.2, 0.25) is 0 Å². The minimum absolute atomic E-state index is 0.409. The highest BCUT2D eigenvalue weighted by Crippen LogP contribution is 2.29. The Hall–Kier alpha value is -1.16. The van der Waals surface area contributed by atoms with Gasteiger partial charge in [0, 0.05) is 24.8 Å². The number of morpholine rings is 1. The number of ether oxygens (including phenoxy) is 1. The third kappa shape index (κ3) is 2.14. The molecule has 2 unspecified atom stereocenters. The molecule has 2 aliphatic rings. The third-order valence-electron chi connectivity index (χ3n) is 3.63. The molecule has 4 nitrogen and oxygen atoms in total. The summed E-state index contributed by atoms with van der Waals surface area (Å²) in [6.07, 6.45) is 4.90. The number of nitrogens with zero attached hydrogens (tertiary/aromatic N) is 3. The van der Waals surface area contributed by atoms with Gasteiger partial charge in [0.25, 0.3) is 0 Å². The van der Waals surface area contributed by atoms with E-state index < -0.39 is 0 Å². The summed E-state index contributed by atoms with van der Waals surface area (Å²) in [5.74, 6) is 1.51. The van der Waals surface area contributed by atoms with Crippen LogP contribution in [0.1, 0.15) is 38.3 Å². The standard InChI is InChI=1S/C13H19N3O/c1-9(2)12-5-13(15-8-14-12)16-6-10-3-4-11(7-16)17-10/h5,8-11H,3-4,6-7H2,1-2H3. The molecule has 3 rings (SSSR count). The summed E-state index contributed by atoms with van der Waals surface area (Å²) in [4.78, 5) is 11.1. The maximum Gasteiger partial charge on any atom is 0.132 e. The van der Waals surface area contributed by atoms with Crippen LogP contribution < -0.4 is 4.90 Å². The zero-order chi connectivity index (χ0) is 11.8. The normalized spacial score (nSPS) is 27.8. The van der Waals surface area contributed by atoms with Crippen LogP contribution in [0.3, 0.4) is 0 Å². The van der Waals surface area contributed by atoms with Gasteiger partial charge in [0.05, 0.1) is 12.2 Å². The predicted octanol–water partition coefficient (Wildman–Crippen LogP) is 1.97. The fourth-order valence-corrected chi connectivity index (χ4v) is 2.65. The predicted molar refractivity (Wildman–Crippen MR) is 66.2 cm³/mol. The lowest BCUT2D eigenvalue weighted by Crippen LogP contribution is -2.43. The van der Waals surface area contributed by atoms with E-state index in [-0.39, 0.29) is 0 Å². The van der Waals surface area contributed by atoms with Crippen molar-refractivity contribution in [1.82, 2.24) is 9.97 Å². The van der Waals surface area contributed by atoms with E-state index in [1.165, 1.54) is 12.8 Å². The summed E-state index contributed by atoms with van der Waals surface area (Å²) in [5.41, 5.74) is 1.12. The first-order valence-electron chi connectivity index (χ1n) is 6.44. The molecule has 2 atom stereocenters. The van der Waals surface area contributed by atoms with Crippen LogP contribution >= 0.6 is 0 Å². The molecule has 2 fully saturated rings. The maximum atomic E-state index is 5.84. The molecule has 1 aromatic rings. The molecule has 17 heavy (non-hydrogen) atoms. The second-order valence-corrected chi connectivity index (χ2v) is 5.32. The van der Waals surface area contributed by atoms with Crippen molar-refractivity contribution in [3.05, 3.63) is 18.1 Å². The Bertz CT molecular complexity index is 395. The third-order valence-corrected chi connectivity index (χ3v) is 3.63. The highest BCUT2D eigenvalue weighted by molar-refractivity contribution is 5.40. The molecular weight excluding hydrogens is 214 g/mol. The largest absolute Gasteiger partial charge is 0.371 e. The Kier molecular flexibility index (Phi) is 2.74. The molecule has 0 amide bonds. The maximum absolute atomic E-state index is 5.84. The van der Waals surface area contributed by atoms with Gasteiger partial charge in [-0.05, 0) is 18.8 Å². The average Bonchev–Trinajstić information content (AvgIpc) is 2.68. The monoisotopic (exact) mass is 233 g/mol. The molecule has 1 aromatic heterocycles. The van der Waals surface area contributed by atoms with Crippen molar-refractivity contribution in [3.63, 3.8) is 0 Å². The first kappa shape index (κ1) is 11.0. The van der Waals surface area contributed by atoms with E-state index in [4.69, 9.17) is 4.74 Å². The molecule has 0 aromatic carbocycles. The first-order chi connectivity index (χ1) is 8.22. The molecule has 92 valence electrons. The first-order valence-corrected chi connectivity index (χ1v) is 6.44. The van der Waals surface area contributed by atoms with Gasteiger partial charge < -0.3 is 9.64 Å². The Balaban J connectivity index is 1.81. The second-order valence-electron chi connectivity index (χ2n) is 5.32. The van der Waals surface area contributed by atoms with Gasteiger partial charge >= 0.3 is 0 Å². The van der Waals surface area contributed by atoms with Crippen LogP contribution in [-0.2, 0) is 4.74 Å². The summed E-state index contributed by atoms with van der Waals surface area (Å²) in [6.45, 7) is 6.28. The fraction of sp³-hybridized carbons (Fsp3) is 0.692. The molecule has 2 aliphatic heterocycles. The van der Waals surface area contributed by atoms with Crippen molar-refractivity contribution in [3.8, 4) is 0 Å². The molecule has 4 heteroatoms. The lowest BCUT2D eigenvalue weighted by molar-refractivity contribution is 0.0302. The summed E-state index contributed by atoms with van der Waals surface area (Å²) >= 11 is 0. The molecule has 2 bridgehead atoms. The van der Waals surface area contributed by atoms with E-state index in [1.807, 2.05) is 0 Å². The molecule has 0 saturated carbocycles. The minimum atomic E-state index is 0.409. The molecule has 0 aliphatic carbocycles. The van der Waals surface area contributed by atoms with Gasteiger partial charge in [0.1, 0.15) is 12.1 Å². The number of hydrogen-bond acceptors (Lipinski definition) is 4. The number of fused-ring (bicyclic) bond motifs is 2. The van der Waals surface area contributed by atoms with E-state index in [2.05, 4.69) is 34.8 Å².